The van der Waals surface area contributed by atoms with Crippen molar-refractivity contribution < 1.29 is 4.74 Å². The molecule has 1 aliphatic rings. The average Bonchev–Trinajstić information content (AvgIpc) is 3.06. The fourth-order valence-corrected chi connectivity index (χ4v) is 2.52. The van der Waals surface area contributed by atoms with Crippen LogP contribution in [0.2, 0.25) is 0 Å². The van der Waals surface area contributed by atoms with E-state index in [1.807, 2.05) is 12.3 Å². The van der Waals surface area contributed by atoms with Gasteiger partial charge in [0.05, 0.1) is 5.69 Å². The molecule has 0 saturated carbocycles. The van der Waals surface area contributed by atoms with Crippen molar-refractivity contribution in [3.63, 3.8) is 0 Å². The Kier molecular flexibility index (Phi) is 3.38. The number of ether oxygens (including phenoxy) is 1. The lowest BCUT2D eigenvalue weighted by Gasteiger charge is -2.12. The largest absolute Gasteiger partial charge is 0.462 e. The van der Waals surface area contributed by atoms with Crippen LogP contribution in [0.5, 0.6) is 6.01 Å². The predicted molar refractivity (Wildman–Crippen MR) is 74.5 cm³/mol. The Hall–Kier alpha value is -1.62. The highest BCUT2D eigenvalue weighted by molar-refractivity contribution is 5.78. The van der Waals surface area contributed by atoms with E-state index in [1.165, 1.54) is 12.8 Å². The maximum Gasteiger partial charge on any atom is 0.318 e. The van der Waals surface area contributed by atoms with Crippen molar-refractivity contribution in [2.45, 2.75) is 38.6 Å². The summed E-state index contributed by atoms with van der Waals surface area (Å²) in [4.78, 5) is 12.1. The van der Waals surface area contributed by atoms with Crippen LogP contribution >= 0.6 is 0 Å². The van der Waals surface area contributed by atoms with Gasteiger partial charge < -0.3 is 15.0 Å². The number of aromatic amines is 1. The van der Waals surface area contributed by atoms with Gasteiger partial charge in [0.25, 0.3) is 0 Å². The number of nitrogens with one attached hydrogen (secondary N) is 2. The lowest BCUT2D eigenvalue weighted by Crippen LogP contribution is -2.28. The molecular weight excluding hydrogens is 240 g/mol. The van der Waals surface area contributed by atoms with Gasteiger partial charge in [0.2, 0.25) is 0 Å². The highest BCUT2D eigenvalue weighted by atomic mass is 16.5. The molecule has 0 amide bonds. The SMILES string of the molecule is CC(C)c1nc(OCC2CCCN2)nc2[nH]ccc12. The molecular formula is C14H20N4O. The molecule has 0 aliphatic carbocycles. The number of nitrogens with zero attached hydrogens (tertiary/aromatic N) is 2. The number of aromatic nitrogens is 3. The summed E-state index contributed by atoms with van der Waals surface area (Å²) in [5.74, 6) is 0.355. The van der Waals surface area contributed by atoms with Crippen molar-refractivity contribution in [1.29, 1.82) is 0 Å². The van der Waals surface area contributed by atoms with Gasteiger partial charge in [0, 0.05) is 17.6 Å². The molecule has 0 bridgehead atoms. The fraction of sp³-hybridized carbons (Fsp3) is 0.571. The van der Waals surface area contributed by atoms with Gasteiger partial charge in [-0.05, 0) is 31.4 Å². The lowest BCUT2D eigenvalue weighted by atomic mass is 10.1. The van der Waals surface area contributed by atoms with E-state index >= 15 is 0 Å². The van der Waals surface area contributed by atoms with E-state index in [9.17, 15) is 0 Å². The first-order chi connectivity index (χ1) is 9.24. The van der Waals surface area contributed by atoms with Crippen molar-refractivity contribution in [2.75, 3.05) is 13.2 Å². The van der Waals surface area contributed by atoms with Crippen molar-refractivity contribution in [3.05, 3.63) is 18.0 Å². The number of hydrogen-bond acceptors (Lipinski definition) is 4. The van der Waals surface area contributed by atoms with E-state index < -0.39 is 0 Å². The van der Waals surface area contributed by atoms with Gasteiger partial charge in [-0.25, -0.2) is 0 Å². The summed E-state index contributed by atoms with van der Waals surface area (Å²) in [6, 6.07) is 2.94. The van der Waals surface area contributed by atoms with Crippen molar-refractivity contribution in [2.24, 2.45) is 0 Å². The Balaban J connectivity index is 1.82. The predicted octanol–water partition coefficient (Wildman–Crippen LogP) is 2.21. The highest BCUT2D eigenvalue weighted by Gasteiger charge is 2.17. The van der Waals surface area contributed by atoms with Gasteiger partial charge in [0.15, 0.2) is 0 Å². The zero-order valence-electron chi connectivity index (χ0n) is 11.4. The standard InChI is InChI=1S/C14H20N4O/c1-9(2)12-11-5-7-16-13(11)18-14(17-12)19-8-10-4-3-6-15-10/h5,7,9-10,15H,3-4,6,8H2,1-2H3,(H,16,17,18). The fourth-order valence-electron chi connectivity index (χ4n) is 2.52. The molecule has 5 heteroatoms. The van der Waals surface area contributed by atoms with Crippen molar-refractivity contribution >= 4 is 11.0 Å². The van der Waals surface area contributed by atoms with Crippen LogP contribution in [0.3, 0.4) is 0 Å². The molecule has 0 aromatic carbocycles. The van der Waals surface area contributed by atoms with E-state index in [0.717, 1.165) is 23.3 Å². The Morgan fingerprint density at radius 3 is 3.05 bits per heavy atom. The smallest absolute Gasteiger partial charge is 0.318 e. The minimum Gasteiger partial charge on any atom is -0.462 e. The number of hydrogen-bond donors (Lipinski definition) is 2. The first kappa shape index (κ1) is 12.4. The van der Waals surface area contributed by atoms with Crippen LogP contribution in [0, 0.1) is 0 Å². The summed E-state index contributed by atoms with van der Waals surface area (Å²) in [6.07, 6.45) is 4.29. The van der Waals surface area contributed by atoms with Gasteiger partial charge in [-0.2, -0.15) is 9.97 Å². The first-order valence-corrected chi connectivity index (χ1v) is 6.95. The molecule has 2 N–H and O–H groups in total. The normalized spacial score (nSPS) is 19.4. The summed E-state index contributed by atoms with van der Waals surface area (Å²) >= 11 is 0. The second-order valence-corrected chi connectivity index (χ2v) is 5.39. The molecule has 3 rings (SSSR count). The third-order valence-electron chi connectivity index (χ3n) is 3.55. The molecule has 3 heterocycles. The van der Waals surface area contributed by atoms with Crippen LogP contribution in [-0.4, -0.2) is 34.1 Å². The molecule has 2 aromatic rings. The topological polar surface area (TPSA) is 62.8 Å². The summed E-state index contributed by atoms with van der Waals surface area (Å²) in [6.45, 7) is 6.00. The lowest BCUT2D eigenvalue weighted by molar-refractivity contribution is 0.257. The van der Waals surface area contributed by atoms with Crippen LogP contribution in [0.25, 0.3) is 11.0 Å². The summed E-state index contributed by atoms with van der Waals surface area (Å²) < 4.78 is 5.75. The second kappa shape index (κ2) is 5.17. The zero-order valence-corrected chi connectivity index (χ0v) is 11.4. The molecule has 2 aromatic heterocycles. The van der Waals surface area contributed by atoms with Crippen LogP contribution in [-0.2, 0) is 0 Å². The molecule has 102 valence electrons. The van der Waals surface area contributed by atoms with Crippen LogP contribution < -0.4 is 10.1 Å². The third-order valence-corrected chi connectivity index (χ3v) is 3.55. The van der Waals surface area contributed by atoms with E-state index in [4.69, 9.17) is 4.74 Å². The Labute approximate surface area is 112 Å². The van der Waals surface area contributed by atoms with Crippen LogP contribution in [0.1, 0.15) is 38.3 Å². The minimum atomic E-state index is 0.355. The zero-order chi connectivity index (χ0) is 13.2. The van der Waals surface area contributed by atoms with Gasteiger partial charge in [-0.15, -0.1) is 0 Å². The molecule has 0 radical (unpaired) electrons. The van der Waals surface area contributed by atoms with Crippen molar-refractivity contribution in [3.8, 4) is 6.01 Å². The molecule has 1 atom stereocenters. The molecule has 1 saturated heterocycles. The Bertz CT molecular complexity index is 558. The first-order valence-electron chi connectivity index (χ1n) is 6.95. The van der Waals surface area contributed by atoms with Gasteiger partial charge >= 0.3 is 6.01 Å². The molecule has 0 spiro atoms. The Morgan fingerprint density at radius 2 is 2.32 bits per heavy atom. The number of fused-ring (bicyclic) bond motifs is 1. The minimum absolute atomic E-state index is 0.355. The molecule has 5 nitrogen and oxygen atoms in total. The molecule has 1 aliphatic heterocycles. The van der Waals surface area contributed by atoms with Gasteiger partial charge in [0.1, 0.15) is 12.3 Å². The van der Waals surface area contributed by atoms with Gasteiger partial charge in [-0.3, -0.25) is 0 Å². The van der Waals surface area contributed by atoms with Gasteiger partial charge in [-0.1, -0.05) is 13.8 Å². The van der Waals surface area contributed by atoms with Crippen LogP contribution in [0.15, 0.2) is 12.3 Å². The summed E-state index contributed by atoms with van der Waals surface area (Å²) in [5, 5.41) is 4.49. The number of rotatable bonds is 4. The molecule has 19 heavy (non-hydrogen) atoms. The molecule has 1 unspecified atom stereocenters. The number of H-pyrrole nitrogens is 1. The third kappa shape index (κ3) is 2.56. The van der Waals surface area contributed by atoms with E-state index in [2.05, 4.69) is 34.1 Å². The van der Waals surface area contributed by atoms with E-state index in [0.29, 0.717) is 24.6 Å². The quantitative estimate of drug-likeness (QED) is 0.884. The maximum atomic E-state index is 5.75. The second-order valence-electron chi connectivity index (χ2n) is 5.39. The molecule has 1 fully saturated rings. The highest BCUT2D eigenvalue weighted by Crippen LogP contribution is 2.24. The van der Waals surface area contributed by atoms with E-state index in [1.54, 1.807) is 0 Å². The van der Waals surface area contributed by atoms with E-state index in [-0.39, 0.29) is 0 Å². The monoisotopic (exact) mass is 260 g/mol. The maximum absolute atomic E-state index is 5.75. The van der Waals surface area contributed by atoms with Crippen molar-refractivity contribution in [1.82, 2.24) is 20.3 Å². The Morgan fingerprint density at radius 1 is 1.42 bits per heavy atom. The van der Waals surface area contributed by atoms with Crippen LogP contribution in [0.4, 0.5) is 0 Å². The summed E-state index contributed by atoms with van der Waals surface area (Å²) in [7, 11) is 0. The average molecular weight is 260 g/mol. The summed E-state index contributed by atoms with van der Waals surface area (Å²) in [5.41, 5.74) is 1.90.